The van der Waals surface area contributed by atoms with Crippen LogP contribution in [0.4, 0.5) is 5.69 Å². The number of carbonyl (C=O) groups is 1. The van der Waals surface area contributed by atoms with E-state index in [4.69, 9.17) is 0 Å². The third-order valence-electron chi connectivity index (χ3n) is 2.99. The number of rotatable bonds is 4. The first-order valence-electron chi connectivity index (χ1n) is 5.92. The second-order valence-corrected chi connectivity index (χ2v) is 5.22. The number of thioether (sulfide) groups is 1. The zero-order valence-electron chi connectivity index (χ0n) is 10.0. The van der Waals surface area contributed by atoms with Crippen molar-refractivity contribution >= 4 is 23.4 Å². The maximum absolute atomic E-state index is 11.8. The fourth-order valence-electron chi connectivity index (χ4n) is 2.06. The number of amides is 1. The molecule has 1 aliphatic heterocycles. The molecule has 3 nitrogen and oxygen atoms in total. The van der Waals surface area contributed by atoms with Gasteiger partial charge in [0.05, 0.1) is 0 Å². The molecule has 1 aromatic carbocycles. The Morgan fingerprint density at radius 1 is 1.59 bits per heavy atom. The SMILES string of the molecule is CSc1cccc(NC(=O)CC2CCNC2)c1. The maximum Gasteiger partial charge on any atom is 0.224 e. The molecule has 0 aromatic heterocycles. The van der Waals surface area contributed by atoms with E-state index in [1.165, 1.54) is 4.90 Å². The highest BCUT2D eigenvalue weighted by molar-refractivity contribution is 7.98. The number of benzene rings is 1. The Balaban J connectivity index is 1.88. The second kappa shape index (κ2) is 6.07. The standard InChI is InChI=1S/C13H18N2OS/c1-17-12-4-2-3-11(8-12)15-13(16)7-10-5-6-14-9-10/h2-4,8,10,14H,5-7,9H2,1H3,(H,15,16). The predicted octanol–water partition coefficient (Wildman–Crippen LogP) is 2.35. The van der Waals surface area contributed by atoms with E-state index < -0.39 is 0 Å². The van der Waals surface area contributed by atoms with Crippen molar-refractivity contribution in [3.05, 3.63) is 24.3 Å². The van der Waals surface area contributed by atoms with Gasteiger partial charge in [0.1, 0.15) is 0 Å². The van der Waals surface area contributed by atoms with Gasteiger partial charge in [0.2, 0.25) is 5.91 Å². The number of carbonyl (C=O) groups excluding carboxylic acids is 1. The van der Waals surface area contributed by atoms with Crippen LogP contribution in [0.5, 0.6) is 0 Å². The Kier molecular flexibility index (Phi) is 4.45. The van der Waals surface area contributed by atoms with E-state index in [9.17, 15) is 4.79 Å². The Labute approximate surface area is 106 Å². The molecular weight excluding hydrogens is 232 g/mol. The minimum Gasteiger partial charge on any atom is -0.326 e. The van der Waals surface area contributed by atoms with Gasteiger partial charge in [0.15, 0.2) is 0 Å². The molecule has 17 heavy (non-hydrogen) atoms. The Bertz CT molecular complexity index is 389. The molecule has 1 unspecified atom stereocenters. The quantitative estimate of drug-likeness (QED) is 0.806. The van der Waals surface area contributed by atoms with Crippen LogP contribution in [0, 0.1) is 5.92 Å². The zero-order valence-corrected chi connectivity index (χ0v) is 10.8. The molecule has 1 fully saturated rings. The lowest BCUT2D eigenvalue weighted by Gasteiger charge is -2.09. The van der Waals surface area contributed by atoms with Crippen LogP contribution >= 0.6 is 11.8 Å². The van der Waals surface area contributed by atoms with Crippen LogP contribution in [-0.4, -0.2) is 25.3 Å². The molecule has 1 heterocycles. The monoisotopic (exact) mass is 250 g/mol. The summed E-state index contributed by atoms with van der Waals surface area (Å²) >= 11 is 1.68. The Morgan fingerprint density at radius 3 is 3.18 bits per heavy atom. The summed E-state index contributed by atoms with van der Waals surface area (Å²) in [6.07, 6.45) is 3.76. The van der Waals surface area contributed by atoms with Gasteiger partial charge >= 0.3 is 0 Å². The van der Waals surface area contributed by atoms with Gasteiger partial charge in [-0.1, -0.05) is 6.07 Å². The molecule has 4 heteroatoms. The van der Waals surface area contributed by atoms with E-state index in [-0.39, 0.29) is 5.91 Å². The zero-order chi connectivity index (χ0) is 12.1. The number of hydrogen-bond acceptors (Lipinski definition) is 3. The fraction of sp³-hybridized carbons (Fsp3) is 0.462. The summed E-state index contributed by atoms with van der Waals surface area (Å²) in [5, 5.41) is 6.24. The summed E-state index contributed by atoms with van der Waals surface area (Å²) in [5.41, 5.74) is 0.896. The molecule has 0 saturated carbocycles. The predicted molar refractivity (Wildman–Crippen MR) is 72.4 cm³/mol. The average Bonchev–Trinajstić information content (AvgIpc) is 2.82. The van der Waals surface area contributed by atoms with Crippen molar-refractivity contribution in [2.24, 2.45) is 5.92 Å². The van der Waals surface area contributed by atoms with Gasteiger partial charge in [-0.2, -0.15) is 0 Å². The van der Waals surface area contributed by atoms with Crippen molar-refractivity contribution in [2.45, 2.75) is 17.7 Å². The second-order valence-electron chi connectivity index (χ2n) is 4.34. The van der Waals surface area contributed by atoms with Gasteiger partial charge in [0, 0.05) is 17.0 Å². The van der Waals surface area contributed by atoms with Crippen LogP contribution < -0.4 is 10.6 Å². The fourth-order valence-corrected chi connectivity index (χ4v) is 2.52. The molecule has 1 aliphatic rings. The first kappa shape index (κ1) is 12.5. The molecule has 2 rings (SSSR count). The molecule has 1 amide bonds. The highest BCUT2D eigenvalue weighted by Crippen LogP contribution is 2.20. The van der Waals surface area contributed by atoms with Gasteiger partial charge in [-0.3, -0.25) is 4.79 Å². The van der Waals surface area contributed by atoms with Gasteiger partial charge in [-0.05, 0) is 49.9 Å². The van der Waals surface area contributed by atoms with Crippen molar-refractivity contribution in [3.8, 4) is 0 Å². The van der Waals surface area contributed by atoms with E-state index >= 15 is 0 Å². The summed E-state index contributed by atoms with van der Waals surface area (Å²) in [4.78, 5) is 13.0. The minimum absolute atomic E-state index is 0.122. The van der Waals surface area contributed by atoms with Crippen molar-refractivity contribution in [1.29, 1.82) is 0 Å². The van der Waals surface area contributed by atoms with Crippen LogP contribution in [-0.2, 0) is 4.79 Å². The molecule has 0 bridgehead atoms. The number of hydrogen-bond donors (Lipinski definition) is 2. The summed E-state index contributed by atoms with van der Waals surface area (Å²) < 4.78 is 0. The molecular formula is C13H18N2OS. The highest BCUT2D eigenvalue weighted by atomic mass is 32.2. The molecule has 1 aromatic rings. The highest BCUT2D eigenvalue weighted by Gasteiger charge is 2.17. The first-order chi connectivity index (χ1) is 8.28. The van der Waals surface area contributed by atoms with Crippen LogP contribution in [0.1, 0.15) is 12.8 Å². The lowest BCUT2D eigenvalue weighted by molar-refractivity contribution is -0.116. The summed E-state index contributed by atoms with van der Waals surface area (Å²) in [7, 11) is 0. The van der Waals surface area contributed by atoms with E-state index in [1.807, 2.05) is 30.5 Å². The summed E-state index contributed by atoms with van der Waals surface area (Å²) in [5.74, 6) is 0.621. The smallest absolute Gasteiger partial charge is 0.224 e. The van der Waals surface area contributed by atoms with Crippen LogP contribution in [0.15, 0.2) is 29.2 Å². The summed E-state index contributed by atoms with van der Waals surface area (Å²) in [6.45, 7) is 2.01. The maximum atomic E-state index is 11.8. The normalized spacial score (nSPS) is 19.2. The molecule has 0 spiro atoms. The van der Waals surface area contributed by atoms with Gasteiger partial charge in [-0.25, -0.2) is 0 Å². The number of nitrogens with one attached hydrogen (secondary N) is 2. The lowest BCUT2D eigenvalue weighted by atomic mass is 10.0. The molecule has 0 radical (unpaired) electrons. The Hall–Kier alpha value is -1.00. The summed E-state index contributed by atoms with van der Waals surface area (Å²) in [6, 6.07) is 7.96. The van der Waals surface area contributed by atoms with Crippen LogP contribution in [0.3, 0.4) is 0 Å². The average molecular weight is 250 g/mol. The molecule has 92 valence electrons. The van der Waals surface area contributed by atoms with Gasteiger partial charge < -0.3 is 10.6 Å². The molecule has 2 N–H and O–H groups in total. The van der Waals surface area contributed by atoms with E-state index in [0.717, 1.165) is 25.2 Å². The van der Waals surface area contributed by atoms with Crippen molar-refractivity contribution in [3.63, 3.8) is 0 Å². The third kappa shape index (κ3) is 3.75. The van der Waals surface area contributed by atoms with E-state index in [1.54, 1.807) is 11.8 Å². The van der Waals surface area contributed by atoms with Crippen molar-refractivity contribution < 1.29 is 4.79 Å². The minimum atomic E-state index is 0.122. The van der Waals surface area contributed by atoms with E-state index in [0.29, 0.717) is 12.3 Å². The van der Waals surface area contributed by atoms with Crippen LogP contribution in [0.25, 0.3) is 0 Å². The largest absolute Gasteiger partial charge is 0.326 e. The molecule has 0 aliphatic carbocycles. The molecule has 1 saturated heterocycles. The Morgan fingerprint density at radius 2 is 2.47 bits per heavy atom. The topological polar surface area (TPSA) is 41.1 Å². The molecule has 1 atom stereocenters. The third-order valence-corrected chi connectivity index (χ3v) is 3.72. The van der Waals surface area contributed by atoms with Gasteiger partial charge in [-0.15, -0.1) is 11.8 Å². The van der Waals surface area contributed by atoms with Crippen molar-refractivity contribution in [1.82, 2.24) is 5.32 Å². The van der Waals surface area contributed by atoms with Crippen LogP contribution in [0.2, 0.25) is 0 Å². The lowest BCUT2D eigenvalue weighted by Crippen LogP contribution is -2.18. The van der Waals surface area contributed by atoms with E-state index in [2.05, 4.69) is 10.6 Å². The number of anilines is 1. The van der Waals surface area contributed by atoms with Gasteiger partial charge in [0.25, 0.3) is 0 Å². The van der Waals surface area contributed by atoms with Crippen molar-refractivity contribution in [2.75, 3.05) is 24.7 Å². The first-order valence-corrected chi connectivity index (χ1v) is 7.15.